The van der Waals surface area contributed by atoms with Crippen LogP contribution in [0.3, 0.4) is 0 Å². The number of alkyl halides is 3. The lowest BCUT2D eigenvalue weighted by Gasteiger charge is -2.37. The largest absolute Gasteiger partial charge is 0.416 e. The second-order valence-electron chi connectivity index (χ2n) is 9.03. The Hall–Kier alpha value is -1.78. The van der Waals surface area contributed by atoms with Crippen molar-refractivity contribution in [2.24, 2.45) is 11.7 Å². The summed E-state index contributed by atoms with van der Waals surface area (Å²) in [5.74, 6) is -0.667. The molecule has 2 fully saturated rings. The number of halogens is 6. The molecule has 1 aromatic rings. The molecule has 0 unspecified atom stereocenters. The number of benzene rings is 1. The van der Waals surface area contributed by atoms with Crippen molar-refractivity contribution in [1.29, 1.82) is 0 Å². The van der Waals surface area contributed by atoms with Crippen LogP contribution in [0.25, 0.3) is 0 Å². The molecule has 0 aromatic heterocycles. The molecule has 3 N–H and O–H groups in total. The molecule has 0 spiro atoms. The van der Waals surface area contributed by atoms with Crippen molar-refractivity contribution in [3.05, 3.63) is 29.6 Å². The summed E-state index contributed by atoms with van der Waals surface area (Å²) in [5.41, 5.74) is 4.25. The van der Waals surface area contributed by atoms with E-state index >= 15 is 0 Å². The maximum Gasteiger partial charge on any atom is 0.416 e. The zero-order valence-corrected chi connectivity index (χ0v) is 21.1. The lowest BCUT2D eigenvalue weighted by Crippen LogP contribution is -2.47. The average Bonchev–Trinajstić information content (AvgIpc) is 2.77. The van der Waals surface area contributed by atoms with Crippen molar-refractivity contribution in [3.8, 4) is 0 Å². The number of primary amides is 1. The Morgan fingerprint density at radius 2 is 1.63 bits per heavy atom. The fraction of sp³-hybridized carbons (Fsp3) is 0.652. The highest BCUT2D eigenvalue weighted by Crippen LogP contribution is 2.33. The number of carbonyl (C=O) groups is 2. The number of hydrogen-bond donors (Lipinski definition) is 2. The summed E-state index contributed by atoms with van der Waals surface area (Å²) < 4.78 is 53.1. The predicted octanol–water partition coefficient (Wildman–Crippen LogP) is 4.14. The van der Waals surface area contributed by atoms with Crippen LogP contribution in [-0.2, 0) is 15.8 Å². The van der Waals surface area contributed by atoms with E-state index in [2.05, 4.69) is 10.2 Å². The van der Waals surface area contributed by atoms with E-state index in [0.29, 0.717) is 32.1 Å². The molecule has 1 aliphatic heterocycles. The van der Waals surface area contributed by atoms with Gasteiger partial charge in [-0.2, -0.15) is 13.2 Å². The first-order valence-corrected chi connectivity index (χ1v) is 11.5. The number of nitrogens with two attached hydrogens (primary N) is 1. The van der Waals surface area contributed by atoms with E-state index in [9.17, 15) is 27.2 Å². The van der Waals surface area contributed by atoms with E-state index in [4.69, 9.17) is 5.73 Å². The molecular formula is C23H34Cl2F4N4O2. The summed E-state index contributed by atoms with van der Waals surface area (Å²) in [6.45, 7) is 3.24. The third-order valence-electron chi connectivity index (χ3n) is 6.65. The summed E-state index contributed by atoms with van der Waals surface area (Å²) in [6, 6.07) is 2.71. The molecule has 0 radical (unpaired) electrons. The van der Waals surface area contributed by atoms with Crippen LogP contribution in [0.1, 0.15) is 50.5 Å². The van der Waals surface area contributed by atoms with Crippen LogP contribution in [0.15, 0.2) is 18.2 Å². The first-order chi connectivity index (χ1) is 15.6. The third kappa shape index (κ3) is 9.65. The fourth-order valence-electron chi connectivity index (χ4n) is 4.64. The Morgan fingerprint density at radius 1 is 1.00 bits per heavy atom. The first-order valence-electron chi connectivity index (χ1n) is 11.5. The molecule has 1 aromatic carbocycles. The van der Waals surface area contributed by atoms with Gasteiger partial charge in [-0.25, -0.2) is 4.39 Å². The normalized spacial score (nSPS) is 21.0. The summed E-state index contributed by atoms with van der Waals surface area (Å²) in [7, 11) is 0. The Morgan fingerprint density at radius 3 is 2.20 bits per heavy atom. The molecule has 1 saturated heterocycles. The van der Waals surface area contributed by atoms with Gasteiger partial charge in [-0.05, 0) is 62.8 Å². The van der Waals surface area contributed by atoms with Gasteiger partial charge in [0.15, 0.2) is 0 Å². The molecule has 35 heavy (non-hydrogen) atoms. The van der Waals surface area contributed by atoms with Crippen LogP contribution < -0.4 is 16.0 Å². The van der Waals surface area contributed by atoms with E-state index in [-0.39, 0.29) is 55.3 Å². The zero-order valence-electron chi connectivity index (χ0n) is 19.5. The lowest BCUT2D eigenvalue weighted by molar-refractivity contribution is -0.137. The summed E-state index contributed by atoms with van der Waals surface area (Å²) >= 11 is 0. The number of anilines is 1. The van der Waals surface area contributed by atoms with Crippen LogP contribution in [0.2, 0.25) is 0 Å². The van der Waals surface area contributed by atoms with Crippen molar-refractivity contribution < 1.29 is 27.2 Å². The number of amides is 2. The molecule has 0 atom stereocenters. The van der Waals surface area contributed by atoms with Gasteiger partial charge in [0.1, 0.15) is 5.82 Å². The van der Waals surface area contributed by atoms with E-state index in [1.807, 2.05) is 0 Å². The SMILES string of the molecule is Cl.Cl.NC(=O)CCC(=O)NC1CCC(CCN2CCN(c3cc(C(F)(F)F)ccc3F)CC2)CC1. The van der Waals surface area contributed by atoms with Crippen molar-refractivity contribution in [2.75, 3.05) is 37.6 Å². The van der Waals surface area contributed by atoms with E-state index in [1.54, 1.807) is 4.90 Å². The van der Waals surface area contributed by atoms with Crippen LogP contribution in [0.5, 0.6) is 0 Å². The van der Waals surface area contributed by atoms with Gasteiger partial charge in [-0.1, -0.05) is 0 Å². The molecule has 200 valence electrons. The van der Waals surface area contributed by atoms with E-state index in [0.717, 1.165) is 56.8 Å². The zero-order chi connectivity index (χ0) is 24.0. The second kappa shape index (κ2) is 14.1. The fourth-order valence-corrected chi connectivity index (χ4v) is 4.64. The Balaban J connectivity index is 0.00000306. The summed E-state index contributed by atoms with van der Waals surface area (Å²) in [4.78, 5) is 26.6. The van der Waals surface area contributed by atoms with E-state index in [1.165, 1.54) is 0 Å². The molecule has 1 aliphatic carbocycles. The summed E-state index contributed by atoms with van der Waals surface area (Å²) in [6.07, 6.45) is 0.605. The molecule has 1 heterocycles. The Bertz CT molecular complexity index is 828. The predicted molar refractivity (Wildman–Crippen MR) is 131 cm³/mol. The van der Waals surface area contributed by atoms with Gasteiger partial charge in [-0.15, -0.1) is 24.8 Å². The van der Waals surface area contributed by atoms with Crippen LogP contribution in [0.4, 0.5) is 23.2 Å². The Labute approximate surface area is 215 Å². The standard InChI is InChI=1S/C23H32F4N4O2.2ClH/c24-19-6-3-17(23(25,26)27)15-20(19)31-13-11-30(12-14-31)10-9-16-1-4-18(5-2-16)29-22(33)8-7-21(28)32;;/h3,6,15-16,18H,1-2,4-5,7-14H2,(H2,28,32)(H,29,33);2*1H. The smallest absolute Gasteiger partial charge is 0.370 e. The third-order valence-corrected chi connectivity index (χ3v) is 6.65. The molecular weight excluding hydrogens is 511 g/mol. The van der Waals surface area contributed by atoms with Gasteiger partial charge in [0.2, 0.25) is 11.8 Å². The molecule has 0 bridgehead atoms. The monoisotopic (exact) mass is 544 g/mol. The maximum absolute atomic E-state index is 14.2. The van der Waals surface area contributed by atoms with Crippen LogP contribution in [-0.4, -0.2) is 55.5 Å². The number of nitrogens with zero attached hydrogens (tertiary/aromatic N) is 2. The molecule has 12 heteroatoms. The van der Waals surface area contributed by atoms with Crippen LogP contribution in [0, 0.1) is 11.7 Å². The van der Waals surface area contributed by atoms with Gasteiger partial charge in [0.05, 0.1) is 11.3 Å². The average molecular weight is 545 g/mol. The van der Waals surface area contributed by atoms with Crippen molar-refractivity contribution in [3.63, 3.8) is 0 Å². The Kier molecular flexibility index (Phi) is 12.6. The number of rotatable bonds is 8. The van der Waals surface area contributed by atoms with Crippen molar-refractivity contribution in [2.45, 2.75) is 57.2 Å². The topological polar surface area (TPSA) is 78.7 Å². The number of hydrogen-bond acceptors (Lipinski definition) is 4. The molecule has 2 aliphatic rings. The lowest BCUT2D eigenvalue weighted by atomic mass is 9.84. The first kappa shape index (κ1) is 31.3. The number of piperazine rings is 1. The molecule has 6 nitrogen and oxygen atoms in total. The molecule has 1 saturated carbocycles. The van der Waals surface area contributed by atoms with E-state index < -0.39 is 23.5 Å². The van der Waals surface area contributed by atoms with Gasteiger partial charge in [0.25, 0.3) is 0 Å². The van der Waals surface area contributed by atoms with Gasteiger partial charge >= 0.3 is 6.18 Å². The van der Waals surface area contributed by atoms with Crippen molar-refractivity contribution >= 4 is 42.3 Å². The number of nitrogens with one attached hydrogen (secondary N) is 1. The minimum atomic E-state index is -4.49. The highest BCUT2D eigenvalue weighted by molar-refractivity contribution is 5.85. The minimum Gasteiger partial charge on any atom is -0.370 e. The molecule has 2 amide bonds. The van der Waals surface area contributed by atoms with Crippen LogP contribution >= 0.6 is 24.8 Å². The second-order valence-corrected chi connectivity index (χ2v) is 9.03. The van der Waals surface area contributed by atoms with Gasteiger partial charge < -0.3 is 16.0 Å². The highest BCUT2D eigenvalue weighted by Gasteiger charge is 2.32. The minimum absolute atomic E-state index is 0. The van der Waals surface area contributed by atoms with Crippen molar-refractivity contribution in [1.82, 2.24) is 10.2 Å². The number of carbonyl (C=O) groups excluding carboxylic acids is 2. The van der Waals surface area contributed by atoms with Gasteiger partial charge in [-0.3, -0.25) is 14.5 Å². The highest BCUT2D eigenvalue weighted by atomic mass is 35.5. The van der Waals surface area contributed by atoms with Gasteiger partial charge in [0, 0.05) is 45.1 Å². The summed E-state index contributed by atoms with van der Waals surface area (Å²) in [5, 5.41) is 2.97. The quantitative estimate of drug-likeness (QED) is 0.482. The maximum atomic E-state index is 14.2. The molecule has 3 rings (SSSR count).